The topological polar surface area (TPSA) is 47.9 Å². The maximum atomic E-state index is 6.73. The Hall–Kier alpha value is -6.65. The fraction of sp³-hybridized carbons (Fsp3) is 0.0426. The van der Waals surface area contributed by atoms with Gasteiger partial charge in [-0.1, -0.05) is 140 Å². The summed E-state index contributed by atoms with van der Waals surface area (Å²) in [5.74, 6) is 2.84. The number of benzene rings is 7. The molecule has 0 radical (unpaired) electrons. The summed E-state index contributed by atoms with van der Waals surface area (Å²) in [6.07, 6.45) is 8.48. The summed E-state index contributed by atoms with van der Waals surface area (Å²) >= 11 is 0. The fourth-order valence-electron chi connectivity index (χ4n) is 8.25. The maximum absolute atomic E-state index is 6.73. The van der Waals surface area contributed by atoms with Gasteiger partial charge >= 0.3 is 0 Å². The third kappa shape index (κ3) is 4.36. The quantitative estimate of drug-likeness (QED) is 0.190. The van der Waals surface area contributed by atoms with Crippen LogP contribution in [0.1, 0.15) is 11.5 Å². The highest BCUT2D eigenvalue weighted by Crippen LogP contribution is 2.52. The molecule has 4 nitrogen and oxygen atoms in total. The fourth-order valence-corrected chi connectivity index (χ4v) is 8.25. The molecule has 8 aromatic rings. The molecular formula is C47H29N3O. The van der Waals surface area contributed by atoms with Crippen molar-refractivity contribution in [3.05, 3.63) is 169 Å². The molecule has 2 aliphatic carbocycles. The summed E-state index contributed by atoms with van der Waals surface area (Å²) in [5.41, 5.74) is 11.3. The molecular weight excluding hydrogens is 623 g/mol. The molecule has 2 heterocycles. The number of rotatable bonds is 4. The van der Waals surface area contributed by atoms with Crippen LogP contribution in [0.3, 0.4) is 0 Å². The Morgan fingerprint density at radius 2 is 1.12 bits per heavy atom. The van der Waals surface area contributed by atoms with Gasteiger partial charge in [-0.25, -0.2) is 15.0 Å². The van der Waals surface area contributed by atoms with Crippen molar-refractivity contribution >= 4 is 21.5 Å². The van der Waals surface area contributed by atoms with Gasteiger partial charge in [-0.05, 0) is 79.2 Å². The van der Waals surface area contributed by atoms with E-state index in [1.165, 1.54) is 38.4 Å². The second-order valence-electron chi connectivity index (χ2n) is 13.5. The van der Waals surface area contributed by atoms with E-state index in [-0.39, 0.29) is 12.0 Å². The molecule has 1 aliphatic heterocycles. The molecule has 0 saturated heterocycles. The number of fused-ring (bicyclic) bond motifs is 7. The smallest absolute Gasteiger partial charge is 0.164 e. The van der Waals surface area contributed by atoms with Crippen molar-refractivity contribution < 1.29 is 4.74 Å². The average Bonchev–Trinajstić information content (AvgIpc) is 3.74. The zero-order valence-electron chi connectivity index (χ0n) is 27.5. The van der Waals surface area contributed by atoms with Crippen molar-refractivity contribution in [3.8, 4) is 73.3 Å². The molecule has 0 saturated carbocycles. The molecule has 0 fully saturated rings. The summed E-state index contributed by atoms with van der Waals surface area (Å²) in [4.78, 5) is 15.6. The second-order valence-corrected chi connectivity index (χ2v) is 13.5. The highest BCUT2D eigenvalue weighted by atomic mass is 16.5. The minimum absolute atomic E-state index is 0.0532. The molecule has 4 heteroatoms. The van der Waals surface area contributed by atoms with Crippen LogP contribution in [0.2, 0.25) is 0 Å². The van der Waals surface area contributed by atoms with Crippen LogP contribution in [0.5, 0.6) is 5.75 Å². The normalized spacial score (nSPS) is 16.2. The van der Waals surface area contributed by atoms with E-state index >= 15 is 0 Å². The predicted octanol–water partition coefficient (Wildman–Crippen LogP) is 11.5. The first-order valence-corrected chi connectivity index (χ1v) is 17.4. The van der Waals surface area contributed by atoms with E-state index in [0.717, 1.165) is 44.5 Å². The highest BCUT2D eigenvalue weighted by molar-refractivity contribution is 6.18. The molecule has 7 aromatic carbocycles. The zero-order valence-corrected chi connectivity index (χ0v) is 27.5. The number of nitrogens with zero attached hydrogens (tertiary/aromatic N) is 3. The Bertz CT molecular complexity index is 2770. The average molecular weight is 652 g/mol. The van der Waals surface area contributed by atoms with Crippen molar-refractivity contribution in [2.45, 2.75) is 12.0 Å². The summed E-state index contributed by atoms with van der Waals surface area (Å²) in [7, 11) is 0. The third-order valence-electron chi connectivity index (χ3n) is 10.6. The molecule has 0 spiro atoms. The number of allylic oxidation sites excluding steroid dienone is 2. The van der Waals surface area contributed by atoms with Gasteiger partial charge in [-0.3, -0.25) is 0 Å². The van der Waals surface area contributed by atoms with Crippen LogP contribution in [0.4, 0.5) is 0 Å². The van der Waals surface area contributed by atoms with Gasteiger partial charge in [0, 0.05) is 28.2 Å². The van der Waals surface area contributed by atoms with E-state index in [2.05, 4.69) is 146 Å². The number of hydrogen-bond donors (Lipinski definition) is 0. The lowest BCUT2D eigenvalue weighted by atomic mass is 9.86. The largest absolute Gasteiger partial charge is 0.485 e. The number of ether oxygens (including phenoxy) is 1. The summed E-state index contributed by atoms with van der Waals surface area (Å²) in [6, 6.07) is 49.4. The van der Waals surface area contributed by atoms with Gasteiger partial charge in [0.05, 0.1) is 0 Å². The Labute approximate surface area is 295 Å². The third-order valence-corrected chi connectivity index (χ3v) is 10.6. The molecule has 1 aromatic heterocycles. The summed E-state index contributed by atoms with van der Waals surface area (Å²) < 4.78 is 6.73. The van der Waals surface area contributed by atoms with Crippen LogP contribution >= 0.6 is 0 Å². The molecule has 11 rings (SSSR count). The molecule has 0 bridgehead atoms. The van der Waals surface area contributed by atoms with Crippen molar-refractivity contribution in [2.24, 2.45) is 0 Å². The zero-order chi connectivity index (χ0) is 33.5. The maximum Gasteiger partial charge on any atom is 0.164 e. The Balaban J connectivity index is 1.16. The SMILES string of the molecule is C1=CC2Oc3cc(-c4ccc5c6c(cccc46)-c4ccccc4-5)cc(-c4nc(-c5ccccc5)nc(-c5ccc6ccccc6c5)n4)c3C2C=C1. The minimum Gasteiger partial charge on any atom is -0.485 e. The van der Waals surface area contributed by atoms with Gasteiger partial charge in [0.2, 0.25) is 0 Å². The van der Waals surface area contributed by atoms with Gasteiger partial charge < -0.3 is 4.74 Å². The van der Waals surface area contributed by atoms with Crippen LogP contribution in [-0.2, 0) is 0 Å². The van der Waals surface area contributed by atoms with E-state index in [9.17, 15) is 0 Å². The first-order chi connectivity index (χ1) is 25.3. The standard InChI is InChI=1S/C47H29N3O/c1-2-12-29(13-3-1)45-48-46(31-22-21-28-11-4-5-14-30(28)25-31)50-47(49-45)40-26-32(27-42-44(40)39-17-8-9-20-41(39)51-42)33-23-24-38-35-16-7-6-15-34(35)37-19-10-18-36(33)43(37)38/h1-27,39,41H. The Kier molecular flexibility index (Phi) is 6.05. The lowest BCUT2D eigenvalue weighted by Gasteiger charge is -2.17. The Morgan fingerprint density at radius 1 is 0.431 bits per heavy atom. The van der Waals surface area contributed by atoms with Crippen LogP contribution in [0.15, 0.2) is 164 Å². The minimum atomic E-state index is -0.0864. The molecule has 2 unspecified atom stereocenters. The second kappa shape index (κ2) is 10.9. The highest BCUT2D eigenvalue weighted by Gasteiger charge is 2.36. The van der Waals surface area contributed by atoms with Gasteiger partial charge in [0.15, 0.2) is 17.5 Å². The summed E-state index contributed by atoms with van der Waals surface area (Å²) in [6.45, 7) is 0. The van der Waals surface area contributed by atoms with Crippen molar-refractivity contribution in [3.63, 3.8) is 0 Å². The molecule has 0 N–H and O–H groups in total. The molecule has 51 heavy (non-hydrogen) atoms. The first kappa shape index (κ1) is 28.2. The van der Waals surface area contributed by atoms with E-state index in [0.29, 0.717) is 17.5 Å². The van der Waals surface area contributed by atoms with E-state index in [1.54, 1.807) is 0 Å². The lowest BCUT2D eigenvalue weighted by molar-refractivity contribution is 0.269. The van der Waals surface area contributed by atoms with E-state index in [1.807, 2.05) is 18.2 Å². The number of hydrogen-bond acceptors (Lipinski definition) is 4. The molecule has 3 aliphatic rings. The van der Waals surface area contributed by atoms with E-state index in [4.69, 9.17) is 19.7 Å². The first-order valence-electron chi connectivity index (χ1n) is 17.4. The van der Waals surface area contributed by atoms with Crippen molar-refractivity contribution in [1.29, 1.82) is 0 Å². The predicted molar refractivity (Wildman–Crippen MR) is 206 cm³/mol. The van der Waals surface area contributed by atoms with Crippen molar-refractivity contribution in [1.82, 2.24) is 15.0 Å². The van der Waals surface area contributed by atoms with Gasteiger partial charge in [-0.15, -0.1) is 0 Å². The van der Waals surface area contributed by atoms with Crippen LogP contribution in [0, 0.1) is 0 Å². The number of aromatic nitrogens is 3. The molecule has 2 atom stereocenters. The van der Waals surface area contributed by atoms with Crippen LogP contribution < -0.4 is 4.74 Å². The van der Waals surface area contributed by atoms with Gasteiger partial charge in [0.25, 0.3) is 0 Å². The van der Waals surface area contributed by atoms with Crippen LogP contribution in [-0.4, -0.2) is 21.1 Å². The van der Waals surface area contributed by atoms with Gasteiger partial charge in [0.1, 0.15) is 11.9 Å². The van der Waals surface area contributed by atoms with E-state index < -0.39 is 0 Å². The summed E-state index contributed by atoms with van der Waals surface area (Å²) in [5, 5.41) is 4.84. The van der Waals surface area contributed by atoms with Gasteiger partial charge in [-0.2, -0.15) is 0 Å². The Morgan fingerprint density at radius 3 is 1.98 bits per heavy atom. The van der Waals surface area contributed by atoms with Crippen molar-refractivity contribution in [2.75, 3.05) is 0 Å². The lowest BCUT2D eigenvalue weighted by Crippen LogP contribution is -2.16. The molecule has 0 amide bonds. The molecule has 238 valence electrons. The van der Waals surface area contributed by atoms with Crippen LogP contribution in [0.25, 0.3) is 89.1 Å². The monoisotopic (exact) mass is 651 g/mol.